The molecule has 0 rings (SSSR count). The normalized spacial score (nSPS) is 14.4. The van der Waals surface area contributed by atoms with Crippen molar-refractivity contribution >= 4 is 8.72 Å². The van der Waals surface area contributed by atoms with E-state index in [-0.39, 0.29) is 0 Å². The highest BCUT2D eigenvalue weighted by molar-refractivity contribution is 6.64. The minimum atomic E-state index is -2.10. The fraction of sp³-hybridized carbons (Fsp3) is 1.00. The summed E-state index contributed by atoms with van der Waals surface area (Å²) in [5, 5.41) is 0. The molecule has 4 heteroatoms. The van der Waals surface area contributed by atoms with Crippen molar-refractivity contribution in [1.29, 1.82) is 0 Å². The van der Waals surface area contributed by atoms with Crippen molar-refractivity contribution in [2.45, 2.75) is 53.1 Å². The van der Waals surface area contributed by atoms with E-state index in [1.165, 1.54) is 0 Å². The third-order valence-corrected chi connectivity index (χ3v) is 5.67. The van der Waals surface area contributed by atoms with Crippen molar-refractivity contribution in [3.63, 3.8) is 0 Å². The van der Waals surface area contributed by atoms with Crippen molar-refractivity contribution in [3.8, 4) is 0 Å². The molecule has 0 saturated carbocycles. The first-order valence-corrected chi connectivity index (χ1v) is 7.72. The van der Waals surface area contributed by atoms with Gasteiger partial charge in [-0.3, -0.25) is 4.98 Å². The first kappa shape index (κ1) is 14.1. The third kappa shape index (κ3) is 4.55. The second-order valence-corrected chi connectivity index (χ2v) is 6.51. The maximum Gasteiger partial charge on any atom is 0.424 e. The molecule has 1 atom stereocenters. The molecule has 86 valence electrons. The first-order chi connectivity index (χ1) is 6.64. The molecule has 0 amide bonds. The zero-order valence-corrected chi connectivity index (χ0v) is 11.2. The van der Waals surface area contributed by atoms with Crippen LogP contribution >= 0.6 is 0 Å². The van der Waals surface area contributed by atoms with Crippen LogP contribution in [0.3, 0.4) is 0 Å². The fourth-order valence-electron chi connectivity index (χ4n) is 1.37. The molecule has 0 bridgehead atoms. The molecule has 0 radical (unpaired) electrons. The summed E-state index contributed by atoms with van der Waals surface area (Å²) < 4.78 is 11.6. The molecule has 0 saturated heterocycles. The summed E-state index contributed by atoms with van der Waals surface area (Å²) in [5.74, 6) is 0. The van der Waals surface area contributed by atoms with E-state index in [0.29, 0.717) is 6.04 Å². The van der Waals surface area contributed by atoms with E-state index < -0.39 is 8.72 Å². The number of hydrogen-bond acceptors (Lipinski definition) is 3. The van der Waals surface area contributed by atoms with Crippen LogP contribution in [0.5, 0.6) is 0 Å². The molecule has 1 unspecified atom stereocenters. The molecular weight excluding hydrogens is 194 g/mol. The highest BCUT2D eigenvalue weighted by Crippen LogP contribution is 2.11. The van der Waals surface area contributed by atoms with Gasteiger partial charge in [0, 0.05) is 25.3 Å². The Balaban J connectivity index is 4.31. The Bertz CT molecular complexity index is 138. The molecule has 0 aromatic carbocycles. The lowest BCUT2D eigenvalue weighted by Crippen LogP contribution is -2.58. The Hall–Kier alpha value is 0.0969. The first-order valence-electron chi connectivity index (χ1n) is 5.69. The second kappa shape index (κ2) is 7.40. The molecule has 0 spiro atoms. The molecule has 0 fully saturated rings. The predicted octanol–water partition coefficient (Wildman–Crippen LogP) is 2.41. The van der Waals surface area contributed by atoms with Crippen molar-refractivity contribution in [1.82, 2.24) is 4.98 Å². The Labute approximate surface area is 89.5 Å². The van der Waals surface area contributed by atoms with Crippen LogP contribution in [0.4, 0.5) is 0 Å². The predicted molar refractivity (Wildman–Crippen MR) is 62.4 cm³/mol. The summed E-state index contributed by atoms with van der Waals surface area (Å²) in [6, 6.07) is 1.43. The third-order valence-electron chi connectivity index (χ3n) is 2.30. The van der Waals surface area contributed by atoms with Crippen LogP contribution in [0.2, 0.25) is 6.04 Å². The van der Waals surface area contributed by atoms with Gasteiger partial charge in [-0.25, -0.2) is 0 Å². The van der Waals surface area contributed by atoms with Crippen molar-refractivity contribution < 1.29 is 8.85 Å². The summed E-state index contributed by atoms with van der Waals surface area (Å²) in [5.41, 5.74) is 0. The maximum atomic E-state index is 5.80. The van der Waals surface area contributed by atoms with Crippen LogP contribution in [0.15, 0.2) is 0 Å². The van der Waals surface area contributed by atoms with E-state index in [1.807, 2.05) is 13.8 Å². The average molecular weight is 219 g/mol. The van der Waals surface area contributed by atoms with E-state index in [1.54, 1.807) is 0 Å². The molecular formula is C10H25NO2Si. The number of rotatable bonds is 8. The second-order valence-electron chi connectivity index (χ2n) is 3.43. The zero-order chi connectivity index (χ0) is 11.0. The van der Waals surface area contributed by atoms with Gasteiger partial charge < -0.3 is 8.85 Å². The molecule has 0 aromatic heterocycles. The van der Waals surface area contributed by atoms with E-state index in [0.717, 1.165) is 25.7 Å². The van der Waals surface area contributed by atoms with Crippen LogP contribution in [0.25, 0.3) is 0 Å². The Kier molecular flexibility index (Phi) is 7.45. The minimum Gasteiger partial charge on any atom is -0.383 e. The van der Waals surface area contributed by atoms with Gasteiger partial charge in [0.25, 0.3) is 0 Å². The van der Waals surface area contributed by atoms with Gasteiger partial charge in [-0.1, -0.05) is 20.8 Å². The Morgan fingerprint density at radius 2 is 1.57 bits per heavy atom. The van der Waals surface area contributed by atoms with E-state index >= 15 is 0 Å². The molecule has 0 aliphatic heterocycles. The van der Waals surface area contributed by atoms with E-state index in [4.69, 9.17) is 8.85 Å². The lowest BCUT2D eigenvalue weighted by atomic mass is 10.3. The summed E-state index contributed by atoms with van der Waals surface area (Å²) in [6.07, 6.45) is 1.11. The van der Waals surface area contributed by atoms with Gasteiger partial charge in [-0.15, -0.1) is 0 Å². The van der Waals surface area contributed by atoms with Crippen LogP contribution < -0.4 is 4.98 Å². The van der Waals surface area contributed by atoms with Crippen LogP contribution in [0.1, 0.15) is 41.0 Å². The number of nitrogens with one attached hydrogen (secondary N) is 1. The summed E-state index contributed by atoms with van der Waals surface area (Å²) in [6.45, 7) is 12.0. The van der Waals surface area contributed by atoms with E-state index in [9.17, 15) is 0 Å². The molecule has 1 N–H and O–H groups in total. The van der Waals surface area contributed by atoms with Gasteiger partial charge in [-0.2, -0.15) is 0 Å². The quantitative estimate of drug-likeness (QED) is 0.636. The van der Waals surface area contributed by atoms with Crippen molar-refractivity contribution in [2.24, 2.45) is 0 Å². The molecule has 0 aliphatic rings. The van der Waals surface area contributed by atoms with Crippen LogP contribution in [-0.2, 0) is 8.85 Å². The highest BCUT2D eigenvalue weighted by Gasteiger charge is 2.36. The van der Waals surface area contributed by atoms with Gasteiger partial charge in [0.2, 0.25) is 0 Å². The summed E-state index contributed by atoms with van der Waals surface area (Å²) in [7, 11) is -2.10. The standard InChI is InChI=1S/C10H25NO2Si/c1-6-10(5)11-14(9-4,12-7-2)13-8-3/h10-11H,6-9H2,1-5H3. The topological polar surface area (TPSA) is 30.5 Å². The average Bonchev–Trinajstić information content (AvgIpc) is 2.18. The van der Waals surface area contributed by atoms with Crippen LogP contribution in [-0.4, -0.2) is 28.0 Å². The maximum absolute atomic E-state index is 5.80. The van der Waals surface area contributed by atoms with Gasteiger partial charge in [-0.05, 0) is 20.3 Å². The van der Waals surface area contributed by atoms with Crippen LogP contribution in [0, 0.1) is 0 Å². The van der Waals surface area contributed by atoms with Gasteiger partial charge in [0.15, 0.2) is 0 Å². The van der Waals surface area contributed by atoms with Crippen molar-refractivity contribution in [2.75, 3.05) is 13.2 Å². The Morgan fingerprint density at radius 1 is 1.07 bits per heavy atom. The zero-order valence-electron chi connectivity index (χ0n) is 10.2. The molecule has 0 aliphatic carbocycles. The van der Waals surface area contributed by atoms with Crippen molar-refractivity contribution in [3.05, 3.63) is 0 Å². The molecule has 0 aromatic rings. The van der Waals surface area contributed by atoms with Gasteiger partial charge >= 0.3 is 8.72 Å². The van der Waals surface area contributed by atoms with Gasteiger partial charge in [0.05, 0.1) is 0 Å². The smallest absolute Gasteiger partial charge is 0.383 e. The number of hydrogen-bond donors (Lipinski definition) is 1. The largest absolute Gasteiger partial charge is 0.424 e. The highest BCUT2D eigenvalue weighted by atomic mass is 28.4. The minimum absolute atomic E-state index is 0.472. The Morgan fingerprint density at radius 3 is 1.86 bits per heavy atom. The SMILES string of the molecule is CCO[Si](CC)(NC(C)CC)OCC. The van der Waals surface area contributed by atoms with Gasteiger partial charge in [0.1, 0.15) is 0 Å². The molecule has 0 heterocycles. The summed E-state index contributed by atoms with van der Waals surface area (Å²) >= 11 is 0. The molecule has 3 nitrogen and oxygen atoms in total. The monoisotopic (exact) mass is 219 g/mol. The summed E-state index contributed by atoms with van der Waals surface area (Å²) in [4.78, 5) is 3.53. The lowest BCUT2D eigenvalue weighted by molar-refractivity contribution is 0.168. The lowest BCUT2D eigenvalue weighted by Gasteiger charge is -2.31. The molecule has 14 heavy (non-hydrogen) atoms. The fourth-order valence-corrected chi connectivity index (χ4v) is 4.12. The van der Waals surface area contributed by atoms with E-state index in [2.05, 4.69) is 25.8 Å².